The van der Waals surface area contributed by atoms with E-state index in [1.54, 1.807) is 6.92 Å². The van der Waals surface area contributed by atoms with Crippen molar-refractivity contribution in [2.24, 2.45) is 0 Å². The van der Waals surface area contributed by atoms with E-state index in [4.69, 9.17) is 4.74 Å². The van der Waals surface area contributed by atoms with Crippen LogP contribution in [0.2, 0.25) is 0 Å². The van der Waals surface area contributed by atoms with Gasteiger partial charge in [0.05, 0.1) is 6.61 Å². The zero-order valence-corrected chi connectivity index (χ0v) is 5.92. The molecule has 0 aromatic carbocycles. The molecule has 0 N–H and O–H groups in total. The molecule has 0 rings (SSSR count). The normalized spacial score (nSPS) is 10.0. The van der Waals surface area contributed by atoms with Gasteiger partial charge in [-0.1, -0.05) is 0 Å². The Morgan fingerprint density at radius 3 is 2.67 bits per heavy atom. The quantitative estimate of drug-likeness (QED) is 0.309. The van der Waals surface area contributed by atoms with Crippen LogP contribution in [0.4, 0.5) is 0 Å². The van der Waals surface area contributed by atoms with Gasteiger partial charge in [-0.15, -0.1) is 0 Å². The van der Waals surface area contributed by atoms with Crippen LogP contribution in [0.1, 0.15) is 13.8 Å². The van der Waals surface area contributed by atoms with Gasteiger partial charge in [0.2, 0.25) is 0 Å². The lowest BCUT2D eigenvalue weighted by molar-refractivity contribution is -0.272. The van der Waals surface area contributed by atoms with Crippen molar-refractivity contribution in [2.75, 3.05) is 19.8 Å². The Morgan fingerprint density at radius 2 is 2.11 bits per heavy atom. The first-order valence-corrected chi connectivity index (χ1v) is 3.05. The van der Waals surface area contributed by atoms with E-state index in [0.29, 0.717) is 13.2 Å². The maximum atomic E-state index is 4.96. The molecule has 3 heteroatoms. The summed E-state index contributed by atoms with van der Waals surface area (Å²) in [6.07, 6.45) is 0. The van der Waals surface area contributed by atoms with E-state index in [-0.39, 0.29) is 0 Å². The molecule has 0 aliphatic heterocycles. The Morgan fingerprint density at radius 1 is 1.33 bits per heavy atom. The lowest BCUT2D eigenvalue weighted by Gasteiger charge is -1.99. The first-order chi connectivity index (χ1) is 4.41. The lowest BCUT2D eigenvalue weighted by atomic mass is 10.7. The summed E-state index contributed by atoms with van der Waals surface area (Å²) in [6, 6.07) is 0. The largest absolute Gasteiger partial charge is 0.379 e. The fourth-order valence-corrected chi connectivity index (χ4v) is 0.353. The first-order valence-electron chi connectivity index (χ1n) is 3.05. The molecular weight excluding hydrogens is 120 g/mol. The summed E-state index contributed by atoms with van der Waals surface area (Å²) in [6.45, 7) is 6.96. The smallest absolute Gasteiger partial charge is 0.119 e. The molecule has 9 heavy (non-hydrogen) atoms. The van der Waals surface area contributed by atoms with Crippen molar-refractivity contribution in [3.05, 3.63) is 6.61 Å². The Labute approximate surface area is 55.8 Å². The van der Waals surface area contributed by atoms with Gasteiger partial charge in [-0.2, -0.15) is 0 Å². The summed E-state index contributed by atoms with van der Waals surface area (Å²) in [5.74, 6) is 0. The predicted octanol–water partition coefficient (Wildman–Crippen LogP) is 1.15. The summed E-state index contributed by atoms with van der Waals surface area (Å²) in [5.41, 5.74) is 0. The zero-order chi connectivity index (χ0) is 6.95. The van der Waals surface area contributed by atoms with Gasteiger partial charge in [0.25, 0.3) is 0 Å². The monoisotopic (exact) mass is 133 g/mol. The average molecular weight is 133 g/mol. The molecule has 3 nitrogen and oxygen atoms in total. The van der Waals surface area contributed by atoms with Gasteiger partial charge in [-0.25, -0.2) is 9.78 Å². The standard InChI is InChI=1S/C6H13O3/c1-3-7-5-6-9-8-4-2/h4H,3,5-6H2,1-2H3. The second-order valence-corrected chi connectivity index (χ2v) is 1.35. The van der Waals surface area contributed by atoms with Gasteiger partial charge in [-0.3, -0.25) is 0 Å². The Hall–Kier alpha value is -0.120. The van der Waals surface area contributed by atoms with Crippen molar-refractivity contribution in [2.45, 2.75) is 13.8 Å². The predicted molar refractivity (Wildman–Crippen MR) is 33.5 cm³/mol. The molecule has 0 aliphatic carbocycles. The summed E-state index contributed by atoms with van der Waals surface area (Å²) < 4.78 is 4.96. The third-order valence-electron chi connectivity index (χ3n) is 0.679. The number of hydrogen-bond acceptors (Lipinski definition) is 3. The van der Waals surface area contributed by atoms with Crippen molar-refractivity contribution in [1.82, 2.24) is 0 Å². The molecule has 0 unspecified atom stereocenters. The fourth-order valence-electron chi connectivity index (χ4n) is 0.353. The molecule has 55 valence electrons. The van der Waals surface area contributed by atoms with Crippen LogP contribution in [-0.2, 0) is 14.5 Å². The summed E-state index contributed by atoms with van der Waals surface area (Å²) >= 11 is 0. The molecular formula is C6H13O3. The minimum atomic E-state index is 0.484. The summed E-state index contributed by atoms with van der Waals surface area (Å²) in [5, 5.41) is 0. The number of ether oxygens (including phenoxy) is 1. The first kappa shape index (κ1) is 8.88. The second kappa shape index (κ2) is 7.88. The van der Waals surface area contributed by atoms with E-state index in [0.717, 1.165) is 6.61 Å². The number of rotatable bonds is 6. The second-order valence-electron chi connectivity index (χ2n) is 1.35. The minimum absolute atomic E-state index is 0.484. The van der Waals surface area contributed by atoms with Crippen molar-refractivity contribution >= 4 is 0 Å². The van der Waals surface area contributed by atoms with E-state index < -0.39 is 0 Å². The zero-order valence-electron chi connectivity index (χ0n) is 5.92. The topological polar surface area (TPSA) is 27.7 Å². The molecule has 1 radical (unpaired) electrons. The van der Waals surface area contributed by atoms with Crippen LogP contribution in [-0.4, -0.2) is 19.8 Å². The third-order valence-corrected chi connectivity index (χ3v) is 0.679. The molecule has 0 saturated carbocycles. The molecule has 0 spiro atoms. The van der Waals surface area contributed by atoms with Gasteiger partial charge in [0.15, 0.2) is 0 Å². The molecule has 0 saturated heterocycles. The van der Waals surface area contributed by atoms with E-state index in [2.05, 4.69) is 9.78 Å². The molecule has 0 aromatic rings. The maximum Gasteiger partial charge on any atom is 0.119 e. The van der Waals surface area contributed by atoms with Gasteiger partial charge >= 0.3 is 0 Å². The fraction of sp³-hybridized carbons (Fsp3) is 0.833. The van der Waals surface area contributed by atoms with Crippen LogP contribution in [0, 0.1) is 6.61 Å². The van der Waals surface area contributed by atoms with E-state index in [1.165, 1.54) is 6.61 Å². The summed E-state index contributed by atoms with van der Waals surface area (Å²) in [7, 11) is 0. The molecule has 0 heterocycles. The van der Waals surface area contributed by atoms with Crippen LogP contribution in [0.5, 0.6) is 0 Å². The Kier molecular flexibility index (Phi) is 7.77. The van der Waals surface area contributed by atoms with Gasteiger partial charge in [0, 0.05) is 6.61 Å². The average Bonchev–Trinajstić information content (AvgIpc) is 1.89. The van der Waals surface area contributed by atoms with Gasteiger partial charge in [-0.05, 0) is 13.8 Å². The SMILES string of the molecule is C[CH]OOCCOCC. The van der Waals surface area contributed by atoms with Crippen LogP contribution in [0.25, 0.3) is 0 Å². The van der Waals surface area contributed by atoms with Crippen LogP contribution in [0.15, 0.2) is 0 Å². The molecule has 0 fully saturated rings. The molecule has 0 aliphatic rings. The Bertz CT molecular complexity index is 41.6. The van der Waals surface area contributed by atoms with Crippen LogP contribution >= 0.6 is 0 Å². The molecule has 0 bridgehead atoms. The highest BCUT2D eigenvalue weighted by Crippen LogP contribution is 1.81. The van der Waals surface area contributed by atoms with Crippen LogP contribution < -0.4 is 0 Å². The molecule has 0 atom stereocenters. The van der Waals surface area contributed by atoms with Gasteiger partial charge in [0.1, 0.15) is 13.2 Å². The van der Waals surface area contributed by atoms with Crippen LogP contribution in [0.3, 0.4) is 0 Å². The molecule has 0 amide bonds. The highest BCUT2D eigenvalue weighted by Gasteiger charge is 1.84. The highest BCUT2D eigenvalue weighted by molar-refractivity contribution is 4.25. The van der Waals surface area contributed by atoms with E-state index in [9.17, 15) is 0 Å². The van der Waals surface area contributed by atoms with Crippen molar-refractivity contribution in [3.8, 4) is 0 Å². The number of hydrogen-bond donors (Lipinski definition) is 0. The maximum absolute atomic E-state index is 4.96. The minimum Gasteiger partial charge on any atom is -0.379 e. The summed E-state index contributed by atoms with van der Waals surface area (Å²) in [4.78, 5) is 9.08. The van der Waals surface area contributed by atoms with Crippen molar-refractivity contribution < 1.29 is 14.5 Å². The third kappa shape index (κ3) is 7.88. The molecule has 0 aromatic heterocycles. The van der Waals surface area contributed by atoms with Crippen molar-refractivity contribution in [1.29, 1.82) is 0 Å². The van der Waals surface area contributed by atoms with E-state index >= 15 is 0 Å². The highest BCUT2D eigenvalue weighted by atomic mass is 17.2. The van der Waals surface area contributed by atoms with Gasteiger partial charge < -0.3 is 4.74 Å². The van der Waals surface area contributed by atoms with E-state index in [1.807, 2.05) is 6.92 Å². The Balaban J connectivity index is 2.60. The lowest BCUT2D eigenvalue weighted by Crippen LogP contribution is -2.02. The van der Waals surface area contributed by atoms with Crippen molar-refractivity contribution in [3.63, 3.8) is 0 Å².